The molecule has 0 radical (unpaired) electrons. The Morgan fingerprint density at radius 3 is 2.52 bits per heavy atom. The fraction of sp³-hybridized carbons (Fsp3) is 0.412. The number of ether oxygens (including phenoxy) is 1. The maximum Gasteiger partial charge on any atom is 0.310 e. The lowest BCUT2D eigenvalue weighted by molar-refractivity contribution is -0.151. The predicted octanol–water partition coefficient (Wildman–Crippen LogP) is 2.51. The van der Waals surface area contributed by atoms with Gasteiger partial charge in [-0.15, -0.1) is 0 Å². The summed E-state index contributed by atoms with van der Waals surface area (Å²) in [4.78, 5) is 25.3. The third-order valence-corrected chi connectivity index (χ3v) is 3.15. The fourth-order valence-electron chi connectivity index (χ4n) is 1.95. The lowest BCUT2D eigenvalue weighted by Gasteiger charge is -2.20. The zero-order valence-corrected chi connectivity index (χ0v) is 13.0. The average Bonchev–Trinajstić information content (AvgIpc) is 2.44. The third-order valence-electron chi connectivity index (χ3n) is 3.15. The Bertz CT molecular complexity index is 523. The van der Waals surface area contributed by atoms with E-state index in [9.17, 15) is 9.59 Å². The molecule has 0 fully saturated rings. The van der Waals surface area contributed by atoms with Crippen LogP contribution >= 0.6 is 0 Å². The van der Waals surface area contributed by atoms with Gasteiger partial charge in [0.05, 0.1) is 6.42 Å². The molecular weight excluding hydrogens is 266 g/mol. The van der Waals surface area contributed by atoms with E-state index in [1.165, 1.54) is 0 Å². The molecule has 1 aromatic carbocycles. The van der Waals surface area contributed by atoms with E-state index in [-0.39, 0.29) is 24.9 Å². The van der Waals surface area contributed by atoms with Gasteiger partial charge in [-0.1, -0.05) is 36.4 Å². The van der Waals surface area contributed by atoms with Crippen molar-refractivity contribution in [2.75, 3.05) is 19.7 Å². The number of hydrogen-bond donors (Lipinski definition) is 0. The first-order valence-electron chi connectivity index (χ1n) is 7.06. The molecule has 1 rings (SSSR count). The van der Waals surface area contributed by atoms with Gasteiger partial charge in [0.2, 0.25) is 0 Å². The molecule has 4 nitrogen and oxygen atoms in total. The SMILES string of the molecule is C=C(C)CN(CC)C(=O)COC(=O)Cc1ccccc1C. The van der Waals surface area contributed by atoms with E-state index < -0.39 is 0 Å². The van der Waals surface area contributed by atoms with Crippen LogP contribution in [0.5, 0.6) is 0 Å². The number of nitrogens with zero attached hydrogens (tertiary/aromatic N) is 1. The minimum absolute atomic E-state index is 0.187. The fourth-order valence-corrected chi connectivity index (χ4v) is 1.95. The van der Waals surface area contributed by atoms with Crippen LogP contribution in [0.25, 0.3) is 0 Å². The molecule has 0 saturated carbocycles. The lowest BCUT2D eigenvalue weighted by atomic mass is 10.1. The second kappa shape index (κ2) is 8.25. The van der Waals surface area contributed by atoms with Gasteiger partial charge in [0, 0.05) is 13.1 Å². The Hall–Kier alpha value is -2.10. The number of carbonyl (C=O) groups excluding carboxylic acids is 2. The van der Waals surface area contributed by atoms with E-state index in [0.29, 0.717) is 13.1 Å². The molecule has 4 heteroatoms. The van der Waals surface area contributed by atoms with E-state index in [2.05, 4.69) is 6.58 Å². The van der Waals surface area contributed by atoms with Crippen LogP contribution in [-0.4, -0.2) is 36.5 Å². The summed E-state index contributed by atoms with van der Waals surface area (Å²) in [5, 5.41) is 0. The van der Waals surface area contributed by atoms with E-state index in [1.54, 1.807) is 4.90 Å². The molecule has 0 bridgehead atoms. The van der Waals surface area contributed by atoms with Gasteiger partial charge in [0.25, 0.3) is 5.91 Å². The molecule has 0 unspecified atom stereocenters. The number of hydrogen-bond acceptors (Lipinski definition) is 3. The summed E-state index contributed by atoms with van der Waals surface area (Å²) < 4.78 is 5.07. The Labute approximate surface area is 126 Å². The molecule has 0 aliphatic carbocycles. The molecule has 0 spiro atoms. The van der Waals surface area contributed by atoms with Crippen LogP contribution in [0.15, 0.2) is 36.4 Å². The highest BCUT2D eigenvalue weighted by Crippen LogP contribution is 2.08. The minimum atomic E-state index is -0.385. The molecule has 0 aliphatic rings. The first-order valence-corrected chi connectivity index (χ1v) is 7.06. The van der Waals surface area contributed by atoms with Crippen molar-refractivity contribution in [3.63, 3.8) is 0 Å². The van der Waals surface area contributed by atoms with Gasteiger partial charge in [-0.05, 0) is 31.9 Å². The van der Waals surface area contributed by atoms with Gasteiger partial charge in [-0.3, -0.25) is 9.59 Å². The molecule has 0 heterocycles. The highest BCUT2D eigenvalue weighted by Gasteiger charge is 2.14. The zero-order valence-electron chi connectivity index (χ0n) is 13.0. The molecular formula is C17H23NO3. The van der Waals surface area contributed by atoms with Crippen LogP contribution in [0, 0.1) is 6.92 Å². The van der Waals surface area contributed by atoms with E-state index in [1.807, 2.05) is 45.0 Å². The number of amides is 1. The van der Waals surface area contributed by atoms with Gasteiger partial charge in [0.15, 0.2) is 6.61 Å². The first-order chi connectivity index (χ1) is 9.93. The van der Waals surface area contributed by atoms with Crippen LogP contribution in [0.2, 0.25) is 0 Å². The van der Waals surface area contributed by atoms with Gasteiger partial charge >= 0.3 is 5.97 Å². The summed E-state index contributed by atoms with van der Waals surface area (Å²) in [6, 6.07) is 7.63. The predicted molar refractivity (Wildman–Crippen MR) is 82.9 cm³/mol. The highest BCUT2D eigenvalue weighted by atomic mass is 16.5. The molecule has 0 aromatic heterocycles. The zero-order chi connectivity index (χ0) is 15.8. The Kier molecular flexibility index (Phi) is 6.66. The molecule has 0 N–H and O–H groups in total. The number of benzene rings is 1. The topological polar surface area (TPSA) is 46.6 Å². The standard InChI is InChI=1S/C17H23NO3/c1-5-18(11-13(2)3)16(19)12-21-17(20)10-15-9-7-6-8-14(15)4/h6-9H,2,5,10-12H2,1,3-4H3. The smallest absolute Gasteiger partial charge is 0.310 e. The van der Waals surface area contributed by atoms with Crippen LogP contribution in [0.1, 0.15) is 25.0 Å². The Balaban J connectivity index is 2.47. The van der Waals surface area contributed by atoms with Crippen LogP contribution in [-0.2, 0) is 20.7 Å². The molecule has 0 saturated heterocycles. The minimum Gasteiger partial charge on any atom is -0.455 e. The largest absolute Gasteiger partial charge is 0.455 e. The van der Waals surface area contributed by atoms with Gasteiger partial charge in [-0.2, -0.15) is 0 Å². The van der Waals surface area contributed by atoms with Crippen LogP contribution < -0.4 is 0 Å². The van der Waals surface area contributed by atoms with Gasteiger partial charge < -0.3 is 9.64 Å². The van der Waals surface area contributed by atoms with Gasteiger partial charge in [0.1, 0.15) is 0 Å². The van der Waals surface area contributed by atoms with Crippen molar-refractivity contribution in [1.29, 1.82) is 0 Å². The van der Waals surface area contributed by atoms with Crippen molar-refractivity contribution < 1.29 is 14.3 Å². The third kappa shape index (κ3) is 5.81. The van der Waals surface area contributed by atoms with Gasteiger partial charge in [-0.25, -0.2) is 0 Å². The van der Waals surface area contributed by atoms with Crippen molar-refractivity contribution in [3.8, 4) is 0 Å². The summed E-state index contributed by atoms with van der Waals surface area (Å²) in [5.74, 6) is -0.581. The van der Waals surface area contributed by atoms with Crippen molar-refractivity contribution in [2.45, 2.75) is 27.2 Å². The number of rotatable bonds is 7. The summed E-state index contributed by atoms with van der Waals surface area (Å²) in [6.07, 6.45) is 0.187. The second-order valence-corrected chi connectivity index (χ2v) is 5.13. The van der Waals surface area contributed by atoms with Crippen molar-refractivity contribution >= 4 is 11.9 Å². The summed E-state index contributed by atoms with van der Waals surface area (Å²) in [7, 11) is 0. The summed E-state index contributed by atoms with van der Waals surface area (Å²) in [5.41, 5.74) is 2.86. The molecule has 1 aromatic rings. The normalized spacial score (nSPS) is 10.0. The van der Waals surface area contributed by atoms with Crippen LogP contribution in [0.4, 0.5) is 0 Å². The van der Waals surface area contributed by atoms with E-state index in [4.69, 9.17) is 4.74 Å². The van der Waals surface area contributed by atoms with Crippen molar-refractivity contribution in [2.24, 2.45) is 0 Å². The summed E-state index contributed by atoms with van der Waals surface area (Å²) in [6.45, 7) is 10.3. The van der Waals surface area contributed by atoms with Crippen LogP contribution in [0.3, 0.4) is 0 Å². The van der Waals surface area contributed by atoms with Crippen molar-refractivity contribution in [1.82, 2.24) is 4.90 Å². The number of carbonyl (C=O) groups is 2. The first kappa shape index (κ1) is 17.0. The monoisotopic (exact) mass is 289 g/mol. The molecule has 21 heavy (non-hydrogen) atoms. The summed E-state index contributed by atoms with van der Waals surface area (Å²) >= 11 is 0. The quantitative estimate of drug-likeness (QED) is 0.572. The highest BCUT2D eigenvalue weighted by molar-refractivity contribution is 5.81. The van der Waals surface area contributed by atoms with Crippen molar-refractivity contribution in [3.05, 3.63) is 47.5 Å². The molecule has 114 valence electrons. The molecule has 0 atom stereocenters. The van der Waals surface area contributed by atoms with E-state index >= 15 is 0 Å². The lowest BCUT2D eigenvalue weighted by Crippen LogP contribution is -2.35. The second-order valence-electron chi connectivity index (χ2n) is 5.13. The Morgan fingerprint density at radius 2 is 1.95 bits per heavy atom. The number of likely N-dealkylation sites (N-methyl/N-ethyl adjacent to an activating group) is 1. The maximum atomic E-state index is 11.9. The molecule has 1 amide bonds. The Morgan fingerprint density at radius 1 is 1.29 bits per heavy atom. The van der Waals surface area contributed by atoms with E-state index in [0.717, 1.165) is 16.7 Å². The maximum absolute atomic E-state index is 11.9. The average molecular weight is 289 g/mol. The number of aryl methyl sites for hydroxylation is 1. The molecule has 0 aliphatic heterocycles. The number of esters is 1.